The van der Waals surface area contributed by atoms with Crippen molar-refractivity contribution in [1.29, 1.82) is 0 Å². The summed E-state index contributed by atoms with van der Waals surface area (Å²) in [5.41, 5.74) is 0.229. The van der Waals surface area contributed by atoms with Gasteiger partial charge in [-0.15, -0.1) is 0 Å². The molecule has 1 atom stereocenters. The van der Waals surface area contributed by atoms with Crippen molar-refractivity contribution in [2.24, 2.45) is 0 Å². The van der Waals surface area contributed by atoms with Gasteiger partial charge >= 0.3 is 0 Å². The Bertz CT molecular complexity index is 791. The summed E-state index contributed by atoms with van der Waals surface area (Å²) >= 11 is 13.4. The van der Waals surface area contributed by atoms with E-state index in [4.69, 9.17) is 23.2 Å². The quantitative estimate of drug-likeness (QED) is 0.489. The molecule has 0 spiro atoms. The summed E-state index contributed by atoms with van der Waals surface area (Å²) in [6.07, 6.45) is 5.06. The van der Waals surface area contributed by atoms with Gasteiger partial charge in [0, 0.05) is 33.9 Å². The molecule has 0 saturated heterocycles. The van der Waals surface area contributed by atoms with Crippen molar-refractivity contribution in [2.75, 3.05) is 5.75 Å². The van der Waals surface area contributed by atoms with E-state index < -0.39 is 5.67 Å². The molecule has 3 rings (SSSR count). The van der Waals surface area contributed by atoms with Gasteiger partial charge in [0.2, 0.25) is 0 Å². The third-order valence-corrected chi connectivity index (χ3v) is 5.57. The molecule has 1 unspecified atom stereocenters. The van der Waals surface area contributed by atoms with Gasteiger partial charge in [-0.2, -0.15) is 11.8 Å². The van der Waals surface area contributed by atoms with Crippen LogP contribution in [0.3, 0.4) is 0 Å². The largest absolute Gasteiger partial charge is 0.334 e. The minimum Gasteiger partial charge on any atom is -0.334 e. The topological polar surface area (TPSA) is 17.8 Å². The van der Waals surface area contributed by atoms with Crippen LogP contribution in [0.1, 0.15) is 11.1 Å². The zero-order valence-corrected chi connectivity index (χ0v) is 15.7. The third kappa shape index (κ3) is 5.00. The summed E-state index contributed by atoms with van der Waals surface area (Å²) < 4.78 is 17.6. The first-order valence-electron chi connectivity index (χ1n) is 7.78. The number of benzene rings is 2. The molecule has 25 heavy (non-hydrogen) atoms. The lowest BCUT2D eigenvalue weighted by molar-refractivity contribution is 0.168. The number of alkyl halides is 1. The molecule has 0 saturated carbocycles. The van der Waals surface area contributed by atoms with Gasteiger partial charge in [0.15, 0.2) is 5.67 Å². The molecule has 0 N–H and O–H groups in total. The van der Waals surface area contributed by atoms with Crippen molar-refractivity contribution in [3.05, 3.63) is 88.4 Å². The number of imidazole rings is 1. The van der Waals surface area contributed by atoms with E-state index in [0.29, 0.717) is 21.4 Å². The van der Waals surface area contributed by atoms with E-state index in [9.17, 15) is 0 Å². The fraction of sp³-hybridized carbons (Fsp3) is 0.211. The second-order valence-corrected chi connectivity index (χ2v) is 7.68. The van der Waals surface area contributed by atoms with E-state index in [0.717, 1.165) is 11.3 Å². The van der Waals surface area contributed by atoms with Crippen LogP contribution in [0.2, 0.25) is 10.0 Å². The predicted octanol–water partition coefficient (Wildman–Crippen LogP) is 5.99. The Kier molecular flexibility index (Phi) is 6.05. The van der Waals surface area contributed by atoms with Gasteiger partial charge in [0.05, 0.1) is 12.9 Å². The molecule has 6 heteroatoms. The normalized spacial score (nSPS) is 13.6. The van der Waals surface area contributed by atoms with Gasteiger partial charge in [-0.05, 0) is 35.4 Å². The van der Waals surface area contributed by atoms with Crippen LogP contribution < -0.4 is 0 Å². The van der Waals surface area contributed by atoms with Crippen LogP contribution in [0.4, 0.5) is 4.39 Å². The Morgan fingerprint density at radius 3 is 2.24 bits per heavy atom. The first-order chi connectivity index (χ1) is 12.0. The zero-order valence-electron chi connectivity index (χ0n) is 13.4. The van der Waals surface area contributed by atoms with E-state index in [1.807, 2.05) is 24.3 Å². The highest BCUT2D eigenvalue weighted by atomic mass is 35.5. The van der Waals surface area contributed by atoms with Crippen molar-refractivity contribution in [1.82, 2.24) is 9.55 Å². The maximum Gasteiger partial charge on any atom is 0.162 e. The minimum absolute atomic E-state index is 0.211. The van der Waals surface area contributed by atoms with Crippen molar-refractivity contribution < 1.29 is 4.39 Å². The molecule has 0 bridgehead atoms. The van der Waals surface area contributed by atoms with E-state index in [2.05, 4.69) is 4.98 Å². The third-order valence-electron chi connectivity index (χ3n) is 3.87. The van der Waals surface area contributed by atoms with Crippen LogP contribution in [0.25, 0.3) is 0 Å². The van der Waals surface area contributed by atoms with Crippen LogP contribution in [0, 0.1) is 0 Å². The van der Waals surface area contributed by atoms with Crippen LogP contribution in [0.15, 0.2) is 67.3 Å². The van der Waals surface area contributed by atoms with Gasteiger partial charge in [-0.3, -0.25) is 0 Å². The van der Waals surface area contributed by atoms with Crippen molar-refractivity contribution >= 4 is 35.0 Å². The number of hydrogen-bond acceptors (Lipinski definition) is 2. The standard InChI is InChI=1S/C19H17Cl2FN2S/c20-17-5-1-15(2-6-17)11-25-13-19(22,12-24-10-9-23-14-24)16-3-7-18(21)8-4-16/h1-10,14H,11-13H2. The lowest BCUT2D eigenvalue weighted by Gasteiger charge is -2.26. The second kappa shape index (κ2) is 8.26. The highest BCUT2D eigenvalue weighted by Crippen LogP contribution is 2.34. The molecule has 0 fully saturated rings. The fourth-order valence-corrected chi connectivity index (χ4v) is 3.91. The van der Waals surface area contributed by atoms with E-state index >= 15 is 4.39 Å². The number of halogens is 3. The predicted molar refractivity (Wildman–Crippen MR) is 104 cm³/mol. The molecule has 2 nitrogen and oxygen atoms in total. The van der Waals surface area contributed by atoms with E-state index in [-0.39, 0.29) is 6.54 Å². The lowest BCUT2D eigenvalue weighted by Crippen LogP contribution is -2.29. The number of aromatic nitrogens is 2. The SMILES string of the molecule is FC(CSCc1ccc(Cl)cc1)(Cn1ccnc1)c1ccc(Cl)cc1. The number of thioether (sulfide) groups is 1. The Labute approximate surface area is 161 Å². The van der Waals surface area contributed by atoms with Crippen molar-refractivity contribution in [2.45, 2.75) is 18.0 Å². The molecule has 2 aromatic carbocycles. The summed E-state index contributed by atoms with van der Waals surface area (Å²) in [6.45, 7) is 0.211. The molecule has 0 aliphatic rings. The maximum atomic E-state index is 15.9. The van der Waals surface area contributed by atoms with Crippen molar-refractivity contribution in [3.63, 3.8) is 0 Å². The van der Waals surface area contributed by atoms with Crippen molar-refractivity contribution in [3.8, 4) is 0 Å². The first-order valence-corrected chi connectivity index (χ1v) is 9.69. The van der Waals surface area contributed by atoms with E-state index in [1.165, 1.54) is 0 Å². The molecule has 0 radical (unpaired) electrons. The number of hydrogen-bond donors (Lipinski definition) is 0. The van der Waals surface area contributed by atoms with Gasteiger partial charge in [0.25, 0.3) is 0 Å². The van der Waals surface area contributed by atoms with Gasteiger partial charge < -0.3 is 4.57 Å². The minimum atomic E-state index is -1.51. The summed E-state index contributed by atoms with van der Waals surface area (Å²) in [6, 6.07) is 14.6. The summed E-state index contributed by atoms with van der Waals surface area (Å²) in [7, 11) is 0. The highest BCUT2D eigenvalue weighted by molar-refractivity contribution is 7.98. The molecular formula is C19H17Cl2FN2S. The molecule has 130 valence electrons. The monoisotopic (exact) mass is 394 g/mol. The summed E-state index contributed by atoms with van der Waals surface area (Å²) in [5.74, 6) is 1.05. The summed E-state index contributed by atoms with van der Waals surface area (Å²) in [4.78, 5) is 4.01. The molecule has 0 aliphatic heterocycles. The smallest absolute Gasteiger partial charge is 0.162 e. The van der Waals surface area contributed by atoms with Gasteiger partial charge in [-0.25, -0.2) is 9.37 Å². The van der Waals surface area contributed by atoms with Crippen LogP contribution in [0.5, 0.6) is 0 Å². The average Bonchev–Trinajstić information content (AvgIpc) is 3.10. The molecule has 0 amide bonds. The Morgan fingerprint density at radius 2 is 1.64 bits per heavy atom. The first kappa shape index (κ1) is 18.3. The Morgan fingerprint density at radius 1 is 1.00 bits per heavy atom. The van der Waals surface area contributed by atoms with Crippen LogP contribution in [-0.2, 0) is 18.0 Å². The maximum absolute atomic E-state index is 15.9. The Hall–Kier alpha value is -1.49. The van der Waals surface area contributed by atoms with Gasteiger partial charge in [-0.1, -0.05) is 47.5 Å². The molecular weight excluding hydrogens is 378 g/mol. The molecule has 0 aliphatic carbocycles. The van der Waals surface area contributed by atoms with Crippen LogP contribution >= 0.6 is 35.0 Å². The lowest BCUT2D eigenvalue weighted by atomic mass is 9.97. The fourth-order valence-electron chi connectivity index (χ4n) is 2.55. The Balaban J connectivity index is 1.73. The second-order valence-electron chi connectivity index (χ2n) is 5.83. The number of rotatable bonds is 7. The molecule has 1 aromatic heterocycles. The molecule has 1 heterocycles. The molecule has 3 aromatic rings. The van der Waals surface area contributed by atoms with Gasteiger partial charge in [0.1, 0.15) is 0 Å². The number of nitrogens with zero attached hydrogens (tertiary/aromatic N) is 2. The average molecular weight is 395 g/mol. The summed E-state index contributed by atoms with van der Waals surface area (Å²) in [5, 5.41) is 1.30. The highest BCUT2D eigenvalue weighted by Gasteiger charge is 2.32. The van der Waals surface area contributed by atoms with E-state index in [1.54, 1.807) is 59.3 Å². The zero-order chi connectivity index (χ0) is 17.7. The van der Waals surface area contributed by atoms with Crippen LogP contribution in [-0.4, -0.2) is 15.3 Å².